The van der Waals surface area contributed by atoms with Crippen molar-refractivity contribution in [1.82, 2.24) is 39.9 Å². The van der Waals surface area contributed by atoms with Crippen LogP contribution in [0.3, 0.4) is 0 Å². The van der Waals surface area contributed by atoms with Crippen LogP contribution >= 0.6 is 0 Å². The van der Waals surface area contributed by atoms with E-state index >= 15 is 0 Å². The number of carbonyl (C=O) groups excluding carboxylic acids is 2. The first-order valence-electron chi connectivity index (χ1n) is 14.8. The molecule has 12 heteroatoms. The first kappa shape index (κ1) is 28.7. The zero-order chi connectivity index (χ0) is 32.3. The third-order valence-electron chi connectivity index (χ3n) is 8.51. The van der Waals surface area contributed by atoms with Gasteiger partial charge in [-0.25, -0.2) is 19.9 Å². The third kappa shape index (κ3) is 4.99. The van der Waals surface area contributed by atoms with E-state index in [1.165, 1.54) is 12.7 Å². The van der Waals surface area contributed by atoms with E-state index in [0.717, 1.165) is 55.4 Å². The zero-order valence-corrected chi connectivity index (χ0v) is 26.2. The molecule has 4 aromatic heterocycles. The Hall–Kier alpha value is -6.04. The molecule has 0 unspecified atom stereocenters. The van der Waals surface area contributed by atoms with Crippen LogP contribution in [0.4, 0.5) is 11.4 Å². The number of nitrogens with one attached hydrogen (secondary N) is 6. The number of aromatic nitrogens is 8. The van der Waals surface area contributed by atoms with Crippen molar-refractivity contribution in [3.63, 3.8) is 0 Å². The molecule has 0 spiro atoms. The van der Waals surface area contributed by atoms with Crippen LogP contribution in [0.25, 0.3) is 45.1 Å². The summed E-state index contributed by atoms with van der Waals surface area (Å²) in [5.41, 5.74) is 11.8. The number of H-pyrrole nitrogens is 4. The Labute approximate surface area is 263 Å². The van der Waals surface area contributed by atoms with Crippen LogP contribution in [0.15, 0.2) is 49.1 Å². The summed E-state index contributed by atoms with van der Waals surface area (Å²) in [5, 5.41) is 5.91. The van der Waals surface area contributed by atoms with E-state index in [2.05, 4.69) is 50.5 Å². The molecule has 0 bridgehead atoms. The molecule has 7 aromatic rings. The normalized spacial score (nSPS) is 11.4. The summed E-state index contributed by atoms with van der Waals surface area (Å²) in [7, 11) is 0. The summed E-state index contributed by atoms with van der Waals surface area (Å²) in [5.74, 6) is 0.0775. The predicted molar refractivity (Wildman–Crippen MR) is 178 cm³/mol. The molecule has 46 heavy (non-hydrogen) atoms. The Morgan fingerprint density at radius 1 is 0.543 bits per heavy atom. The van der Waals surface area contributed by atoms with E-state index in [4.69, 9.17) is 0 Å². The number of hydrogen-bond donors (Lipinski definition) is 6. The van der Waals surface area contributed by atoms with Crippen LogP contribution in [0.5, 0.6) is 0 Å². The number of fused-ring (bicyclic) bond motifs is 2. The van der Waals surface area contributed by atoms with Crippen molar-refractivity contribution in [3.05, 3.63) is 93.8 Å². The van der Waals surface area contributed by atoms with Gasteiger partial charge in [0.1, 0.15) is 22.8 Å². The Morgan fingerprint density at radius 3 is 1.33 bits per heavy atom. The Bertz CT molecular complexity index is 2090. The second kappa shape index (κ2) is 10.8. The Balaban J connectivity index is 1.17. The van der Waals surface area contributed by atoms with Crippen molar-refractivity contribution in [2.24, 2.45) is 0 Å². The largest absolute Gasteiger partial charge is 0.340 e. The molecule has 0 aliphatic rings. The SMILES string of the molecule is Cc1cc(NC(=O)c2[nH]cnc2-c2nc3cc(C)c(C)cc3[nH]2)c(NC(=O)c2[nH]cnc2-c2nc3cc(C)c(C)cc3[nH]2)cc1C. The van der Waals surface area contributed by atoms with Crippen LogP contribution in [0.2, 0.25) is 0 Å². The van der Waals surface area contributed by atoms with Crippen molar-refractivity contribution >= 4 is 45.3 Å². The Morgan fingerprint density at radius 2 is 0.913 bits per heavy atom. The smallest absolute Gasteiger partial charge is 0.274 e. The second-order valence-corrected chi connectivity index (χ2v) is 11.7. The van der Waals surface area contributed by atoms with Crippen molar-refractivity contribution in [1.29, 1.82) is 0 Å². The van der Waals surface area contributed by atoms with Crippen molar-refractivity contribution in [2.45, 2.75) is 41.5 Å². The minimum atomic E-state index is -0.436. The van der Waals surface area contributed by atoms with E-state index in [0.29, 0.717) is 34.4 Å². The first-order valence-corrected chi connectivity index (χ1v) is 14.8. The maximum Gasteiger partial charge on any atom is 0.274 e. The molecular formula is C34H32N10O2. The maximum atomic E-state index is 13.7. The molecule has 0 fully saturated rings. The number of hydrogen-bond acceptors (Lipinski definition) is 6. The molecule has 12 nitrogen and oxygen atoms in total. The molecule has 6 N–H and O–H groups in total. The van der Waals surface area contributed by atoms with Crippen LogP contribution in [-0.2, 0) is 0 Å². The summed E-state index contributed by atoms with van der Waals surface area (Å²) in [6, 6.07) is 11.7. The third-order valence-corrected chi connectivity index (χ3v) is 8.51. The average Bonchev–Trinajstić information content (AvgIpc) is 3.81. The fourth-order valence-corrected chi connectivity index (χ4v) is 5.45. The fourth-order valence-electron chi connectivity index (χ4n) is 5.45. The van der Waals surface area contributed by atoms with Crippen LogP contribution in [0, 0.1) is 41.5 Å². The number of amides is 2. The number of rotatable bonds is 6. The van der Waals surface area contributed by atoms with Gasteiger partial charge >= 0.3 is 0 Å². The molecule has 0 radical (unpaired) electrons. The fraction of sp³-hybridized carbons (Fsp3) is 0.176. The Kier molecular flexibility index (Phi) is 6.77. The molecule has 0 aliphatic carbocycles. The quantitative estimate of drug-likeness (QED) is 0.124. The monoisotopic (exact) mass is 612 g/mol. The number of benzene rings is 3. The highest BCUT2D eigenvalue weighted by Gasteiger charge is 2.23. The summed E-state index contributed by atoms with van der Waals surface area (Å²) >= 11 is 0. The first-order chi connectivity index (χ1) is 22.0. The lowest BCUT2D eigenvalue weighted by Gasteiger charge is -2.15. The highest BCUT2D eigenvalue weighted by Crippen LogP contribution is 2.30. The van der Waals surface area contributed by atoms with Gasteiger partial charge in [0.25, 0.3) is 11.8 Å². The minimum absolute atomic E-state index is 0.231. The lowest BCUT2D eigenvalue weighted by atomic mass is 10.1. The van der Waals surface area contributed by atoms with E-state index < -0.39 is 11.8 Å². The molecule has 0 saturated carbocycles. The number of carbonyl (C=O) groups is 2. The molecule has 4 heterocycles. The van der Waals surface area contributed by atoms with Crippen LogP contribution < -0.4 is 10.6 Å². The van der Waals surface area contributed by atoms with E-state index in [1.807, 2.05) is 77.9 Å². The van der Waals surface area contributed by atoms with Crippen LogP contribution in [0.1, 0.15) is 54.4 Å². The second-order valence-electron chi connectivity index (χ2n) is 11.7. The summed E-state index contributed by atoms with van der Waals surface area (Å²) in [6.45, 7) is 12.0. The van der Waals surface area contributed by atoms with Gasteiger partial charge in [-0.3, -0.25) is 9.59 Å². The number of aryl methyl sites for hydroxylation is 6. The molecule has 0 atom stereocenters. The van der Waals surface area contributed by atoms with Gasteiger partial charge < -0.3 is 30.6 Å². The van der Waals surface area contributed by atoms with Gasteiger partial charge in [-0.15, -0.1) is 0 Å². The van der Waals surface area contributed by atoms with Gasteiger partial charge in [0.05, 0.1) is 46.1 Å². The highest BCUT2D eigenvalue weighted by molar-refractivity contribution is 6.12. The topological polar surface area (TPSA) is 173 Å². The highest BCUT2D eigenvalue weighted by atomic mass is 16.2. The van der Waals surface area contributed by atoms with Gasteiger partial charge in [-0.05, 0) is 111 Å². The molecule has 230 valence electrons. The predicted octanol–water partition coefficient (Wildman–Crippen LogP) is 6.57. The molecule has 7 rings (SSSR count). The lowest BCUT2D eigenvalue weighted by Crippen LogP contribution is -2.19. The average molecular weight is 613 g/mol. The molecule has 0 aliphatic heterocycles. The van der Waals surface area contributed by atoms with Gasteiger partial charge in [0.2, 0.25) is 0 Å². The molecule has 3 aromatic carbocycles. The lowest BCUT2D eigenvalue weighted by molar-refractivity contribution is 0.101. The van der Waals surface area contributed by atoms with Crippen molar-refractivity contribution in [3.8, 4) is 23.0 Å². The zero-order valence-electron chi connectivity index (χ0n) is 26.2. The van der Waals surface area contributed by atoms with E-state index in [1.54, 1.807) is 0 Å². The number of aromatic amines is 4. The van der Waals surface area contributed by atoms with Crippen molar-refractivity contribution < 1.29 is 9.59 Å². The number of imidazole rings is 4. The van der Waals surface area contributed by atoms with E-state index in [-0.39, 0.29) is 11.4 Å². The summed E-state index contributed by atoms with van der Waals surface area (Å²) in [6.07, 6.45) is 2.91. The molecule has 2 amide bonds. The van der Waals surface area contributed by atoms with Gasteiger partial charge in [0.15, 0.2) is 11.6 Å². The summed E-state index contributed by atoms with van der Waals surface area (Å²) in [4.78, 5) is 57.9. The molecule has 0 saturated heterocycles. The number of nitrogens with zero attached hydrogens (tertiary/aromatic N) is 4. The van der Waals surface area contributed by atoms with Crippen molar-refractivity contribution in [2.75, 3.05) is 10.6 Å². The van der Waals surface area contributed by atoms with Gasteiger partial charge in [0, 0.05) is 0 Å². The maximum absolute atomic E-state index is 13.7. The number of anilines is 2. The summed E-state index contributed by atoms with van der Waals surface area (Å²) < 4.78 is 0. The van der Waals surface area contributed by atoms with Gasteiger partial charge in [-0.2, -0.15) is 0 Å². The molecular weight excluding hydrogens is 580 g/mol. The standard InChI is InChI=1S/C34H32N10O2/c1-15-7-21-22(8-16(15)2)40-31(39-21)27-29(37-13-35-27)33(45)43-25-11-19(5)20(6)12-26(25)44-34(46)30-28(36-14-38-30)32-41-23-9-17(3)18(4)10-24(23)42-32/h7-14H,1-6H3,(H,35,37)(H,36,38)(H,39,40)(H,41,42)(H,43,45)(H,44,46). The van der Waals surface area contributed by atoms with Gasteiger partial charge in [-0.1, -0.05) is 0 Å². The van der Waals surface area contributed by atoms with E-state index in [9.17, 15) is 9.59 Å². The van der Waals surface area contributed by atoms with Crippen LogP contribution in [-0.4, -0.2) is 51.7 Å². The minimum Gasteiger partial charge on any atom is -0.340 e.